The molecule has 0 aromatic heterocycles. The van der Waals surface area contributed by atoms with Crippen LogP contribution in [0.15, 0.2) is 41.4 Å². The summed E-state index contributed by atoms with van der Waals surface area (Å²) < 4.78 is 0.906. The van der Waals surface area contributed by atoms with E-state index in [0.29, 0.717) is 12.8 Å². The molecule has 4 nitrogen and oxygen atoms in total. The van der Waals surface area contributed by atoms with E-state index in [0.717, 1.165) is 10.0 Å². The summed E-state index contributed by atoms with van der Waals surface area (Å²) in [5, 5.41) is 11.6. The zero-order chi connectivity index (χ0) is 14.3. The number of aliphatic carboxylic acids is 1. The van der Waals surface area contributed by atoms with Gasteiger partial charge in [-0.2, -0.15) is 0 Å². The summed E-state index contributed by atoms with van der Waals surface area (Å²) in [5.41, 5.74) is 0.776. The fourth-order valence-corrected chi connectivity index (χ4v) is 1.89. The van der Waals surface area contributed by atoms with Crippen molar-refractivity contribution >= 4 is 27.8 Å². The highest BCUT2D eigenvalue weighted by Crippen LogP contribution is 2.20. The van der Waals surface area contributed by atoms with Crippen LogP contribution in [0.4, 0.5) is 0 Å². The van der Waals surface area contributed by atoms with Crippen molar-refractivity contribution in [2.24, 2.45) is 0 Å². The van der Waals surface area contributed by atoms with Crippen molar-refractivity contribution < 1.29 is 14.7 Å². The summed E-state index contributed by atoms with van der Waals surface area (Å²) in [7, 11) is 0. The third-order valence-corrected chi connectivity index (χ3v) is 3.09. The molecule has 0 unspecified atom stereocenters. The fourth-order valence-electron chi connectivity index (χ4n) is 1.62. The summed E-state index contributed by atoms with van der Waals surface area (Å²) in [5.74, 6) is -1.12. The fraction of sp³-hybridized carbons (Fsp3) is 0.286. The molecule has 102 valence electrons. The van der Waals surface area contributed by atoms with Crippen molar-refractivity contribution in [3.05, 3.63) is 47.0 Å². The van der Waals surface area contributed by atoms with Crippen LogP contribution < -0.4 is 5.32 Å². The molecule has 1 aromatic rings. The quantitative estimate of drug-likeness (QED) is 0.757. The highest BCUT2D eigenvalue weighted by atomic mass is 79.9. The molecule has 2 N–H and O–H groups in total. The Bertz CT molecular complexity index is 456. The number of carbonyl (C=O) groups is 2. The molecule has 1 aromatic carbocycles. The van der Waals surface area contributed by atoms with Crippen molar-refractivity contribution in [3.63, 3.8) is 0 Å². The zero-order valence-corrected chi connectivity index (χ0v) is 12.0. The van der Waals surface area contributed by atoms with Crippen LogP contribution in [0.25, 0.3) is 0 Å². The number of carboxylic acid groups (broad SMARTS) is 1. The maximum absolute atomic E-state index is 11.7. The monoisotopic (exact) mass is 325 g/mol. The third-order valence-electron chi connectivity index (χ3n) is 2.56. The third kappa shape index (κ3) is 5.70. The SMILES string of the molecule is C=CCCC(=O)N[C@@H](CC(=O)O)c1ccc(Br)cc1. The van der Waals surface area contributed by atoms with E-state index in [9.17, 15) is 9.59 Å². The number of rotatable bonds is 7. The molecule has 0 saturated heterocycles. The first-order valence-corrected chi connectivity index (χ1v) is 6.69. The van der Waals surface area contributed by atoms with Crippen LogP contribution in [0.2, 0.25) is 0 Å². The molecule has 0 aliphatic rings. The number of carbonyl (C=O) groups excluding carboxylic acids is 1. The Morgan fingerprint density at radius 1 is 1.37 bits per heavy atom. The van der Waals surface area contributed by atoms with E-state index >= 15 is 0 Å². The number of nitrogens with one attached hydrogen (secondary N) is 1. The van der Waals surface area contributed by atoms with Crippen LogP contribution in [-0.4, -0.2) is 17.0 Å². The molecule has 0 aliphatic heterocycles. The maximum Gasteiger partial charge on any atom is 0.305 e. The Morgan fingerprint density at radius 2 is 2.00 bits per heavy atom. The molecule has 0 aliphatic carbocycles. The molecule has 0 radical (unpaired) electrons. The van der Waals surface area contributed by atoms with Crippen LogP contribution in [0, 0.1) is 0 Å². The van der Waals surface area contributed by atoms with E-state index in [-0.39, 0.29) is 12.3 Å². The standard InChI is InChI=1S/C14H16BrNO3/c1-2-3-4-13(17)16-12(9-14(18)19)10-5-7-11(15)8-6-10/h2,5-8,12H,1,3-4,9H2,(H,16,17)(H,18,19)/t12-/m0/s1. The molecular weight excluding hydrogens is 310 g/mol. The predicted molar refractivity (Wildman–Crippen MR) is 76.7 cm³/mol. The van der Waals surface area contributed by atoms with Gasteiger partial charge in [-0.25, -0.2) is 0 Å². The van der Waals surface area contributed by atoms with Crippen LogP contribution in [0.1, 0.15) is 30.9 Å². The van der Waals surface area contributed by atoms with Crippen molar-refractivity contribution in [1.82, 2.24) is 5.32 Å². The number of allylic oxidation sites excluding steroid dienone is 1. The largest absolute Gasteiger partial charge is 0.481 e. The molecule has 1 amide bonds. The van der Waals surface area contributed by atoms with E-state index in [4.69, 9.17) is 5.11 Å². The molecule has 0 spiro atoms. The van der Waals surface area contributed by atoms with Crippen molar-refractivity contribution in [3.8, 4) is 0 Å². The van der Waals surface area contributed by atoms with Gasteiger partial charge in [-0.05, 0) is 24.1 Å². The predicted octanol–water partition coefficient (Wildman–Crippen LogP) is 3.05. The number of amides is 1. The number of benzene rings is 1. The first kappa shape index (κ1) is 15.4. The van der Waals surface area contributed by atoms with Gasteiger partial charge in [0.15, 0.2) is 0 Å². The highest BCUT2D eigenvalue weighted by Gasteiger charge is 2.17. The second kappa shape index (κ2) is 7.74. The lowest BCUT2D eigenvalue weighted by atomic mass is 10.0. The van der Waals surface area contributed by atoms with Crippen LogP contribution in [-0.2, 0) is 9.59 Å². The Morgan fingerprint density at radius 3 is 2.53 bits per heavy atom. The van der Waals surface area contributed by atoms with Gasteiger partial charge in [-0.15, -0.1) is 6.58 Å². The Balaban J connectivity index is 2.76. The molecule has 5 heteroatoms. The number of carboxylic acids is 1. The van der Waals surface area contributed by atoms with Crippen LogP contribution >= 0.6 is 15.9 Å². The van der Waals surface area contributed by atoms with Gasteiger partial charge in [-0.1, -0.05) is 34.1 Å². The smallest absolute Gasteiger partial charge is 0.305 e. The van der Waals surface area contributed by atoms with Crippen molar-refractivity contribution in [1.29, 1.82) is 0 Å². The molecular formula is C14H16BrNO3. The summed E-state index contributed by atoms with van der Waals surface area (Å²) in [4.78, 5) is 22.5. The zero-order valence-electron chi connectivity index (χ0n) is 10.4. The van der Waals surface area contributed by atoms with Gasteiger partial charge >= 0.3 is 5.97 Å². The van der Waals surface area contributed by atoms with Gasteiger partial charge in [-0.3, -0.25) is 9.59 Å². The average molecular weight is 326 g/mol. The van der Waals surface area contributed by atoms with Crippen LogP contribution in [0.5, 0.6) is 0 Å². The van der Waals surface area contributed by atoms with Gasteiger partial charge in [0.1, 0.15) is 0 Å². The summed E-state index contributed by atoms with van der Waals surface area (Å²) in [6.07, 6.45) is 2.41. The highest BCUT2D eigenvalue weighted by molar-refractivity contribution is 9.10. The van der Waals surface area contributed by atoms with Crippen LogP contribution in [0.3, 0.4) is 0 Å². The second-order valence-corrected chi connectivity index (χ2v) is 5.01. The lowest BCUT2D eigenvalue weighted by Gasteiger charge is -2.17. The Labute approximate surface area is 120 Å². The minimum Gasteiger partial charge on any atom is -0.481 e. The van der Waals surface area contributed by atoms with Crippen molar-refractivity contribution in [2.45, 2.75) is 25.3 Å². The van der Waals surface area contributed by atoms with Gasteiger partial charge in [0.25, 0.3) is 0 Å². The summed E-state index contributed by atoms with van der Waals surface area (Å²) in [6, 6.07) is 6.72. The number of hydrogen-bond donors (Lipinski definition) is 2. The summed E-state index contributed by atoms with van der Waals surface area (Å²) in [6.45, 7) is 3.55. The van der Waals surface area contributed by atoms with Gasteiger partial charge < -0.3 is 10.4 Å². The Hall–Kier alpha value is -1.62. The minimum atomic E-state index is -0.947. The van der Waals surface area contributed by atoms with E-state index in [1.165, 1.54) is 0 Å². The van der Waals surface area contributed by atoms with Crippen molar-refractivity contribution in [2.75, 3.05) is 0 Å². The van der Waals surface area contributed by atoms with E-state index in [1.807, 2.05) is 12.1 Å². The first-order chi connectivity index (χ1) is 9.02. The Kier molecular flexibility index (Phi) is 6.29. The summed E-state index contributed by atoms with van der Waals surface area (Å²) >= 11 is 3.32. The van der Waals surface area contributed by atoms with E-state index in [2.05, 4.69) is 27.8 Å². The minimum absolute atomic E-state index is 0.137. The normalized spacial score (nSPS) is 11.6. The average Bonchev–Trinajstić information content (AvgIpc) is 2.36. The molecule has 1 rings (SSSR count). The van der Waals surface area contributed by atoms with Gasteiger partial charge in [0.05, 0.1) is 12.5 Å². The first-order valence-electron chi connectivity index (χ1n) is 5.90. The molecule has 19 heavy (non-hydrogen) atoms. The number of halogens is 1. The molecule has 0 bridgehead atoms. The topological polar surface area (TPSA) is 66.4 Å². The van der Waals surface area contributed by atoms with Gasteiger partial charge in [0.2, 0.25) is 5.91 Å². The second-order valence-electron chi connectivity index (χ2n) is 4.10. The molecule has 0 fully saturated rings. The molecule has 0 heterocycles. The molecule has 1 atom stereocenters. The lowest BCUT2D eigenvalue weighted by molar-refractivity contribution is -0.137. The van der Waals surface area contributed by atoms with E-state index < -0.39 is 12.0 Å². The lowest BCUT2D eigenvalue weighted by Crippen LogP contribution is -2.29. The molecule has 0 saturated carbocycles. The number of hydrogen-bond acceptors (Lipinski definition) is 2. The van der Waals surface area contributed by atoms with Gasteiger partial charge in [0, 0.05) is 10.9 Å². The maximum atomic E-state index is 11.7. The van der Waals surface area contributed by atoms with E-state index in [1.54, 1.807) is 18.2 Å².